The number of carboxylic acid groups (broad SMARTS) is 1. The van der Waals surface area contributed by atoms with Crippen molar-refractivity contribution in [3.8, 4) is 0 Å². The van der Waals surface area contributed by atoms with Crippen molar-refractivity contribution in [2.24, 2.45) is 0 Å². The van der Waals surface area contributed by atoms with E-state index in [0.717, 1.165) is 4.90 Å². The summed E-state index contributed by atoms with van der Waals surface area (Å²) in [4.78, 5) is 48.5. The highest BCUT2D eigenvalue weighted by Gasteiger charge is 2.32. The smallest absolute Gasteiger partial charge is 0.305 e. The molecule has 0 aromatic rings. The van der Waals surface area contributed by atoms with E-state index in [1.54, 1.807) is 0 Å². The Morgan fingerprint density at radius 2 is 1.90 bits per heavy atom. The highest BCUT2D eigenvalue weighted by Crippen LogP contribution is 2.15. The van der Waals surface area contributed by atoms with E-state index in [0.29, 0.717) is 13.2 Å². The Morgan fingerprint density at radius 3 is 2.52 bits per heavy atom. The van der Waals surface area contributed by atoms with Crippen LogP contribution in [0.15, 0.2) is 0 Å². The molecule has 8 heteroatoms. The quantitative estimate of drug-likeness (QED) is 0.668. The van der Waals surface area contributed by atoms with E-state index in [1.807, 2.05) is 0 Å². The molecule has 2 aliphatic rings. The van der Waals surface area contributed by atoms with Crippen LogP contribution in [0, 0.1) is 0 Å². The van der Waals surface area contributed by atoms with Crippen LogP contribution in [0.5, 0.6) is 0 Å². The van der Waals surface area contributed by atoms with E-state index in [9.17, 15) is 19.2 Å². The molecule has 0 aromatic carbocycles. The summed E-state index contributed by atoms with van der Waals surface area (Å²) in [5.74, 6) is -1.75. The zero-order chi connectivity index (χ0) is 15.4. The second kappa shape index (κ2) is 6.66. The van der Waals surface area contributed by atoms with Gasteiger partial charge < -0.3 is 14.7 Å². The van der Waals surface area contributed by atoms with Crippen LogP contribution in [0.4, 0.5) is 0 Å². The van der Waals surface area contributed by atoms with Gasteiger partial charge in [-0.15, -0.1) is 0 Å². The van der Waals surface area contributed by atoms with E-state index >= 15 is 0 Å². The van der Waals surface area contributed by atoms with Crippen LogP contribution in [0.25, 0.3) is 0 Å². The van der Waals surface area contributed by atoms with Crippen molar-refractivity contribution in [1.29, 1.82) is 0 Å². The summed E-state index contributed by atoms with van der Waals surface area (Å²) in [6, 6.07) is -0.492. The molecule has 2 fully saturated rings. The standard InChI is InChI=1S/C13H18N2O6/c16-10-1-2-11(17)15(10)4-3-12(18)14-5-6-21-8-9(14)7-13(19)20/h9H,1-8H2,(H,19,20). The Balaban J connectivity index is 1.90. The molecule has 0 aromatic heterocycles. The molecular formula is C13H18N2O6. The third kappa shape index (κ3) is 3.78. The maximum atomic E-state index is 12.2. The Labute approximate surface area is 121 Å². The number of imide groups is 1. The number of carboxylic acids is 1. The minimum atomic E-state index is -0.992. The Kier molecular flexibility index (Phi) is 4.89. The highest BCUT2D eigenvalue weighted by atomic mass is 16.5. The minimum absolute atomic E-state index is 0.0214. The van der Waals surface area contributed by atoms with Gasteiger partial charge in [0, 0.05) is 32.4 Å². The van der Waals surface area contributed by atoms with Crippen molar-refractivity contribution < 1.29 is 29.0 Å². The number of carbonyl (C=O) groups excluding carboxylic acids is 3. The van der Waals surface area contributed by atoms with Gasteiger partial charge in [-0.1, -0.05) is 0 Å². The average molecular weight is 298 g/mol. The second-order valence-corrected chi connectivity index (χ2v) is 5.10. The number of likely N-dealkylation sites (tertiary alicyclic amines) is 1. The fourth-order valence-corrected chi connectivity index (χ4v) is 2.58. The van der Waals surface area contributed by atoms with Gasteiger partial charge in [0.1, 0.15) is 0 Å². The number of hydrogen-bond donors (Lipinski definition) is 1. The summed E-state index contributed by atoms with van der Waals surface area (Å²) in [6.45, 7) is 0.954. The molecule has 2 rings (SSSR count). The number of carbonyl (C=O) groups is 4. The van der Waals surface area contributed by atoms with Crippen molar-refractivity contribution >= 4 is 23.7 Å². The van der Waals surface area contributed by atoms with Crippen LogP contribution in [0.1, 0.15) is 25.7 Å². The molecule has 21 heavy (non-hydrogen) atoms. The molecule has 2 heterocycles. The number of morpholine rings is 1. The monoisotopic (exact) mass is 298 g/mol. The van der Waals surface area contributed by atoms with Gasteiger partial charge in [-0.2, -0.15) is 0 Å². The van der Waals surface area contributed by atoms with E-state index in [4.69, 9.17) is 9.84 Å². The largest absolute Gasteiger partial charge is 0.481 e. The summed E-state index contributed by atoms with van der Waals surface area (Å²) in [6.07, 6.45) is 0.249. The first-order chi connectivity index (χ1) is 9.99. The van der Waals surface area contributed by atoms with Crippen molar-refractivity contribution in [1.82, 2.24) is 9.80 Å². The lowest BCUT2D eigenvalue weighted by molar-refractivity contribution is -0.146. The van der Waals surface area contributed by atoms with Gasteiger partial charge in [-0.05, 0) is 0 Å². The molecule has 1 atom stereocenters. The third-order valence-electron chi connectivity index (χ3n) is 3.66. The van der Waals surface area contributed by atoms with Crippen molar-refractivity contribution in [2.45, 2.75) is 31.7 Å². The predicted molar refractivity (Wildman–Crippen MR) is 69.1 cm³/mol. The van der Waals surface area contributed by atoms with Gasteiger partial charge >= 0.3 is 5.97 Å². The molecule has 1 unspecified atom stereocenters. The van der Waals surface area contributed by atoms with Crippen molar-refractivity contribution in [3.05, 3.63) is 0 Å². The normalized spacial score (nSPS) is 22.8. The maximum absolute atomic E-state index is 12.2. The maximum Gasteiger partial charge on any atom is 0.305 e. The summed E-state index contributed by atoms with van der Waals surface area (Å²) >= 11 is 0. The molecule has 116 valence electrons. The molecule has 0 radical (unpaired) electrons. The summed E-state index contributed by atoms with van der Waals surface area (Å²) < 4.78 is 5.20. The first-order valence-corrected chi connectivity index (χ1v) is 6.91. The van der Waals surface area contributed by atoms with Gasteiger partial charge in [-0.3, -0.25) is 24.1 Å². The Hall–Kier alpha value is -1.96. The SMILES string of the molecule is O=C(O)CC1COCCN1C(=O)CCN1C(=O)CCC1=O. The van der Waals surface area contributed by atoms with Crippen molar-refractivity contribution in [3.63, 3.8) is 0 Å². The molecule has 0 bridgehead atoms. The van der Waals surface area contributed by atoms with Crippen LogP contribution in [0.3, 0.4) is 0 Å². The molecule has 2 saturated heterocycles. The molecule has 0 aliphatic carbocycles. The lowest BCUT2D eigenvalue weighted by atomic mass is 10.1. The van der Waals surface area contributed by atoms with E-state index in [1.165, 1.54) is 4.90 Å². The third-order valence-corrected chi connectivity index (χ3v) is 3.66. The van der Waals surface area contributed by atoms with E-state index < -0.39 is 12.0 Å². The molecule has 1 N–H and O–H groups in total. The van der Waals surface area contributed by atoms with Crippen LogP contribution >= 0.6 is 0 Å². The zero-order valence-corrected chi connectivity index (χ0v) is 11.6. The van der Waals surface area contributed by atoms with Gasteiger partial charge in [0.2, 0.25) is 17.7 Å². The van der Waals surface area contributed by atoms with Gasteiger partial charge in [0.05, 0.1) is 25.7 Å². The fraction of sp³-hybridized carbons (Fsp3) is 0.692. The topological polar surface area (TPSA) is 104 Å². The number of rotatable bonds is 5. The number of amides is 3. The van der Waals surface area contributed by atoms with Gasteiger partial charge in [-0.25, -0.2) is 0 Å². The first-order valence-electron chi connectivity index (χ1n) is 6.91. The zero-order valence-electron chi connectivity index (χ0n) is 11.6. The van der Waals surface area contributed by atoms with Crippen LogP contribution in [-0.4, -0.2) is 70.9 Å². The Bertz CT molecular complexity index is 448. The van der Waals surface area contributed by atoms with Crippen LogP contribution in [-0.2, 0) is 23.9 Å². The van der Waals surface area contributed by atoms with Crippen molar-refractivity contribution in [2.75, 3.05) is 26.3 Å². The Morgan fingerprint density at radius 1 is 1.24 bits per heavy atom. The molecular weight excluding hydrogens is 280 g/mol. The van der Waals surface area contributed by atoms with Crippen LogP contribution < -0.4 is 0 Å². The lowest BCUT2D eigenvalue weighted by Gasteiger charge is -2.35. The summed E-state index contributed by atoms with van der Waals surface area (Å²) in [5.41, 5.74) is 0. The summed E-state index contributed by atoms with van der Waals surface area (Å²) in [5, 5.41) is 8.85. The predicted octanol–water partition coefficient (Wildman–Crippen LogP) is -0.772. The van der Waals surface area contributed by atoms with E-state index in [2.05, 4.69) is 0 Å². The molecule has 0 spiro atoms. The second-order valence-electron chi connectivity index (χ2n) is 5.10. The summed E-state index contributed by atoms with van der Waals surface area (Å²) in [7, 11) is 0. The highest BCUT2D eigenvalue weighted by molar-refractivity contribution is 6.02. The lowest BCUT2D eigenvalue weighted by Crippen LogP contribution is -2.50. The number of ether oxygens (including phenoxy) is 1. The minimum Gasteiger partial charge on any atom is -0.481 e. The fourth-order valence-electron chi connectivity index (χ4n) is 2.58. The average Bonchev–Trinajstić information content (AvgIpc) is 2.75. The van der Waals surface area contributed by atoms with Gasteiger partial charge in [0.15, 0.2) is 0 Å². The molecule has 2 aliphatic heterocycles. The molecule has 0 saturated carbocycles. The number of aliphatic carboxylic acids is 1. The van der Waals surface area contributed by atoms with Gasteiger partial charge in [0.25, 0.3) is 0 Å². The molecule has 3 amide bonds. The van der Waals surface area contributed by atoms with E-state index in [-0.39, 0.29) is 56.6 Å². The number of nitrogens with zero attached hydrogens (tertiary/aromatic N) is 2. The first kappa shape index (κ1) is 15.4. The molecule has 8 nitrogen and oxygen atoms in total. The van der Waals surface area contributed by atoms with Crippen LogP contribution in [0.2, 0.25) is 0 Å². The number of hydrogen-bond acceptors (Lipinski definition) is 5.